The van der Waals surface area contributed by atoms with Crippen molar-refractivity contribution >= 4 is 11.9 Å². The Balaban J connectivity index is 1.91. The molecule has 0 aliphatic carbocycles. The quantitative estimate of drug-likeness (QED) is 0.858. The molecule has 2 aliphatic heterocycles. The zero-order valence-electron chi connectivity index (χ0n) is 11.4. The number of carboxylic acid groups (broad SMARTS) is 1. The lowest BCUT2D eigenvalue weighted by Gasteiger charge is -2.19. The summed E-state index contributed by atoms with van der Waals surface area (Å²) in [5.41, 5.74) is 0. The third-order valence-electron chi connectivity index (χ3n) is 4.11. The molecule has 2 aliphatic rings. The van der Waals surface area contributed by atoms with Crippen LogP contribution in [-0.2, 0) is 14.3 Å². The van der Waals surface area contributed by atoms with Gasteiger partial charge >= 0.3 is 12.1 Å². The second kappa shape index (κ2) is 6.21. The van der Waals surface area contributed by atoms with Gasteiger partial charge in [-0.3, -0.25) is 9.59 Å². The normalized spacial score (nSPS) is 29.9. The fourth-order valence-electron chi connectivity index (χ4n) is 2.90. The third kappa shape index (κ3) is 3.87. The van der Waals surface area contributed by atoms with Gasteiger partial charge in [0.2, 0.25) is 5.91 Å². The number of nitrogens with zero attached hydrogens (tertiary/aromatic N) is 1. The Kier molecular flexibility index (Phi) is 4.75. The number of rotatable bonds is 4. The lowest BCUT2D eigenvalue weighted by atomic mass is 9.96. The van der Waals surface area contributed by atoms with Crippen molar-refractivity contribution in [2.24, 2.45) is 11.8 Å². The van der Waals surface area contributed by atoms with Crippen LogP contribution in [0.3, 0.4) is 0 Å². The van der Waals surface area contributed by atoms with E-state index in [1.807, 2.05) is 0 Å². The van der Waals surface area contributed by atoms with E-state index in [0.29, 0.717) is 13.0 Å². The molecule has 0 saturated carbocycles. The SMILES string of the molecule is O=C(O)[C@@H]1CN(C(=O)CCC2CCCO2)C[C@H]1C(F)(F)F. The molecule has 2 saturated heterocycles. The van der Waals surface area contributed by atoms with Crippen LogP contribution >= 0.6 is 0 Å². The molecule has 8 heteroatoms. The van der Waals surface area contributed by atoms with Gasteiger partial charge in [-0.15, -0.1) is 0 Å². The summed E-state index contributed by atoms with van der Waals surface area (Å²) in [6, 6.07) is 0. The number of hydrogen-bond acceptors (Lipinski definition) is 3. The maximum Gasteiger partial charge on any atom is 0.394 e. The van der Waals surface area contributed by atoms with E-state index in [2.05, 4.69) is 0 Å². The predicted molar refractivity (Wildman–Crippen MR) is 65.5 cm³/mol. The molecule has 2 fully saturated rings. The highest BCUT2D eigenvalue weighted by atomic mass is 19.4. The van der Waals surface area contributed by atoms with Crippen LogP contribution in [0.5, 0.6) is 0 Å². The number of carbonyl (C=O) groups is 2. The van der Waals surface area contributed by atoms with Crippen LogP contribution in [0.15, 0.2) is 0 Å². The lowest BCUT2D eigenvalue weighted by molar-refractivity contribution is -0.188. The molecule has 1 N–H and O–H groups in total. The van der Waals surface area contributed by atoms with Gasteiger partial charge in [0.25, 0.3) is 0 Å². The van der Waals surface area contributed by atoms with Gasteiger partial charge in [0.15, 0.2) is 0 Å². The second-order valence-electron chi connectivity index (χ2n) is 5.57. The highest BCUT2D eigenvalue weighted by molar-refractivity contribution is 5.79. The molecule has 0 aromatic carbocycles. The van der Waals surface area contributed by atoms with Gasteiger partial charge in [-0.2, -0.15) is 13.2 Å². The summed E-state index contributed by atoms with van der Waals surface area (Å²) in [6.07, 6.45) is -2.25. The number of halogens is 3. The fourth-order valence-corrected chi connectivity index (χ4v) is 2.90. The molecule has 0 aromatic heterocycles. The number of amides is 1. The molecular weight excluding hydrogens is 291 g/mol. The average molecular weight is 309 g/mol. The first kappa shape index (κ1) is 16.1. The van der Waals surface area contributed by atoms with Crippen molar-refractivity contribution in [3.8, 4) is 0 Å². The van der Waals surface area contributed by atoms with Crippen LogP contribution in [0.2, 0.25) is 0 Å². The van der Waals surface area contributed by atoms with Crippen molar-refractivity contribution in [1.82, 2.24) is 4.90 Å². The highest BCUT2D eigenvalue weighted by Gasteiger charge is 2.53. The molecule has 0 aromatic rings. The van der Waals surface area contributed by atoms with E-state index in [-0.39, 0.29) is 19.1 Å². The largest absolute Gasteiger partial charge is 0.481 e. The molecule has 0 spiro atoms. The molecule has 21 heavy (non-hydrogen) atoms. The van der Waals surface area contributed by atoms with Crippen LogP contribution < -0.4 is 0 Å². The van der Waals surface area contributed by atoms with Gasteiger partial charge in [-0.1, -0.05) is 0 Å². The van der Waals surface area contributed by atoms with Crippen molar-refractivity contribution in [3.63, 3.8) is 0 Å². The number of alkyl halides is 3. The molecule has 5 nitrogen and oxygen atoms in total. The van der Waals surface area contributed by atoms with Gasteiger partial charge in [0, 0.05) is 26.1 Å². The van der Waals surface area contributed by atoms with E-state index in [4.69, 9.17) is 9.84 Å². The minimum atomic E-state index is -4.60. The maximum atomic E-state index is 12.8. The molecule has 3 atom stereocenters. The number of ether oxygens (including phenoxy) is 1. The number of aliphatic carboxylic acids is 1. The number of likely N-dealkylation sites (tertiary alicyclic amines) is 1. The molecule has 1 amide bonds. The number of carbonyl (C=O) groups excluding carboxylic acids is 1. The van der Waals surface area contributed by atoms with Gasteiger partial charge in [-0.25, -0.2) is 0 Å². The zero-order chi connectivity index (χ0) is 15.6. The summed E-state index contributed by atoms with van der Waals surface area (Å²) in [4.78, 5) is 23.9. The zero-order valence-corrected chi connectivity index (χ0v) is 11.4. The summed E-state index contributed by atoms with van der Waals surface area (Å²) < 4.78 is 43.8. The van der Waals surface area contributed by atoms with Gasteiger partial charge < -0.3 is 14.7 Å². The Labute approximate surface area is 120 Å². The van der Waals surface area contributed by atoms with Crippen LogP contribution in [0.4, 0.5) is 13.2 Å². The molecule has 0 bridgehead atoms. The first-order valence-corrected chi connectivity index (χ1v) is 6.98. The molecule has 2 heterocycles. The first-order chi connectivity index (χ1) is 9.79. The van der Waals surface area contributed by atoms with Crippen LogP contribution in [0.25, 0.3) is 0 Å². The highest BCUT2D eigenvalue weighted by Crippen LogP contribution is 2.38. The molecule has 0 radical (unpaired) electrons. The summed E-state index contributed by atoms with van der Waals surface area (Å²) >= 11 is 0. The Morgan fingerprint density at radius 1 is 1.29 bits per heavy atom. The van der Waals surface area contributed by atoms with E-state index in [1.54, 1.807) is 0 Å². The minimum Gasteiger partial charge on any atom is -0.481 e. The van der Waals surface area contributed by atoms with Gasteiger partial charge in [-0.05, 0) is 19.3 Å². The second-order valence-corrected chi connectivity index (χ2v) is 5.57. The summed E-state index contributed by atoms with van der Waals surface area (Å²) in [7, 11) is 0. The Morgan fingerprint density at radius 3 is 2.48 bits per heavy atom. The standard InChI is InChI=1S/C13H18F3NO4/c14-13(15,16)10-7-17(6-9(10)12(19)20)11(18)4-3-8-2-1-5-21-8/h8-10H,1-7H2,(H,19,20)/t8?,9-,10-/m1/s1. The van der Waals surface area contributed by atoms with E-state index < -0.39 is 36.4 Å². The molecular formula is C13H18F3NO4. The van der Waals surface area contributed by atoms with E-state index in [9.17, 15) is 22.8 Å². The number of carboxylic acids is 1. The predicted octanol–water partition coefficient (Wildman–Crippen LogP) is 1.67. The summed E-state index contributed by atoms with van der Waals surface area (Å²) in [5, 5.41) is 8.89. The topological polar surface area (TPSA) is 66.8 Å². The first-order valence-electron chi connectivity index (χ1n) is 6.98. The average Bonchev–Trinajstić information content (AvgIpc) is 3.04. The van der Waals surface area contributed by atoms with E-state index in [0.717, 1.165) is 17.7 Å². The summed E-state index contributed by atoms with van der Waals surface area (Å²) in [5.74, 6) is -5.49. The summed E-state index contributed by atoms with van der Waals surface area (Å²) in [6.45, 7) is -0.283. The number of hydrogen-bond donors (Lipinski definition) is 1. The smallest absolute Gasteiger partial charge is 0.394 e. The van der Waals surface area contributed by atoms with Crippen molar-refractivity contribution in [3.05, 3.63) is 0 Å². The van der Waals surface area contributed by atoms with Crippen LogP contribution in [0.1, 0.15) is 25.7 Å². The molecule has 120 valence electrons. The fraction of sp³-hybridized carbons (Fsp3) is 0.846. The van der Waals surface area contributed by atoms with E-state index >= 15 is 0 Å². The monoisotopic (exact) mass is 309 g/mol. The van der Waals surface area contributed by atoms with E-state index in [1.165, 1.54) is 0 Å². The van der Waals surface area contributed by atoms with Crippen LogP contribution in [-0.4, -0.2) is 53.9 Å². The van der Waals surface area contributed by atoms with Crippen molar-refractivity contribution in [2.45, 2.75) is 38.0 Å². The van der Waals surface area contributed by atoms with Crippen molar-refractivity contribution < 1.29 is 32.6 Å². The Morgan fingerprint density at radius 2 is 2.00 bits per heavy atom. The maximum absolute atomic E-state index is 12.8. The van der Waals surface area contributed by atoms with Crippen LogP contribution in [0, 0.1) is 11.8 Å². The minimum absolute atomic E-state index is 0.00904. The van der Waals surface area contributed by atoms with Gasteiger partial charge in [0.1, 0.15) is 0 Å². The van der Waals surface area contributed by atoms with Gasteiger partial charge in [0.05, 0.1) is 17.9 Å². The lowest BCUT2D eigenvalue weighted by Crippen LogP contribution is -2.34. The third-order valence-corrected chi connectivity index (χ3v) is 4.11. The Bertz CT molecular complexity index is 407. The molecule has 1 unspecified atom stereocenters. The van der Waals surface area contributed by atoms with Crippen molar-refractivity contribution in [1.29, 1.82) is 0 Å². The van der Waals surface area contributed by atoms with Crippen molar-refractivity contribution in [2.75, 3.05) is 19.7 Å². The Hall–Kier alpha value is -1.31. The molecule has 2 rings (SSSR count).